The summed E-state index contributed by atoms with van der Waals surface area (Å²) in [5, 5.41) is 15.0. The number of hydroxylamine groups is 2. The van der Waals surface area contributed by atoms with Crippen molar-refractivity contribution in [2.24, 2.45) is 0 Å². The summed E-state index contributed by atoms with van der Waals surface area (Å²) in [6.07, 6.45) is 10.3. The summed E-state index contributed by atoms with van der Waals surface area (Å²) in [5.41, 5.74) is -0.403. The Kier molecular flexibility index (Phi) is 7.66. The lowest BCUT2D eigenvalue weighted by Gasteiger charge is -2.65. The molecule has 0 saturated carbocycles. The van der Waals surface area contributed by atoms with Crippen LogP contribution in [0.15, 0.2) is 0 Å². The van der Waals surface area contributed by atoms with Crippen molar-refractivity contribution in [3.05, 3.63) is 5.21 Å². The Labute approximate surface area is 132 Å². The quantitative estimate of drug-likeness (QED) is 0.581. The highest BCUT2D eigenvalue weighted by molar-refractivity contribution is 5.08. The van der Waals surface area contributed by atoms with Crippen LogP contribution in [0, 0.1) is 5.21 Å². The molecular formula is C18H36NO2-. The van der Waals surface area contributed by atoms with Crippen LogP contribution in [0.5, 0.6) is 0 Å². The van der Waals surface area contributed by atoms with E-state index in [2.05, 4.69) is 27.7 Å². The maximum absolute atomic E-state index is 13.5. The first kappa shape index (κ1) is 18.9. The van der Waals surface area contributed by atoms with Gasteiger partial charge in [0, 0.05) is 18.2 Å². The zero-order valence-electron chi connectivity index (χ0n) is 14.9. The van der Waals surface area contributed by atoms with Gasteiger partial charge in [-0.25, -0.2) is 0 Å². The number of hydrogen-bond donors (Lipinski definition) is 0. The second-order valence-corrected chi connectivity index (χ2v) is 7.01. The van der Waals surface area contributed by atoms with E-state index in [1.807, 2.05) is 7.11 Å². The van der Waals surface area contributed by atoms with E-state index in [-0.39, 0.29) is 17.2 Å². The molecule has 3 heteroatoms. The van der Waals surface area contributed by atoms with Crippen LogP contribution >= 0.6 is 0 Å². The fourth-order valence-electron chi connectivity index (χ4n) is 4.68. The number of hydrogen-bond acceptors (Lipinski definition) is 3. The van der Waals surface area contributed by atoms with Gasteiger partial charge in [0.1, 0.15) is 0 Å². The first-order valence-electron chi connectivity index (χ1n) is 9.04. The Morgan fingerprint density at radius 3 is 1.43 bits per heavy atom. The lowest BCUT2D eigenvalue weighted by atomic mass is 9.69. The minimum Gasteiger partial charge on any atom is -0.784 e. The van der Waals surface area contributed by atoms with Crippen LogP contribution in [0.3, 0.4) is 0 Å². The molecule has 126 valence electrons. The standard InChI is InChI=1S/C18H36NO2/c1-6-10-17(11-7-2)14-16(21-5)15-18(12-8-3,13-9-4)19(17)20/h16H,6-15H2,1-5H3/q-1. The van der Waals surface area contributed by atoms with Gasteiger partial charge in [0.25, 0.3) is 0 Å². The normalized spacial score (nSPS) is 22.6. The monoisotopic (exact) mass is 298 g/mol. The van der Waals surface area contributed by atoms with E-state index in [9.17, 15) is 5.21 Å². The third-order valence-corrected chi connectivity index (χ3v) is 5.27. The molecule has 1 aliphatic rings. The molecule has 1 aliphatic heterocycles. The predicted molar refractivity (Wildman–Crippen MR) is 90.3 cm³/mol. The number of ether oxygens (including phenoxy) is 1. The van der Waals surface area contributed by atoms with E-state index in [0.717, 1.165) is 64.2 Å². The van der Waals surface area contributed by atoms with Gasteiger partial charge >= 0.3 is 0 Å². The summed E-state index contributed by atoms with van der Waals surface area (Å²) in [6, 6.07) is 0. The van der Waals surface area contributed by atoms with E-state index in [0.29, 0.717) is 0 Å². The van der Waals surface area contributed by atoms with Crippen LogP contribution in [-0.2, 0) is 4.74 Å². The number of piperidine rings is 1. The van der Waals surface area contributed by atoms with Gasteiger partial charge in [0.2, 0.25) is 0 Å². The Morgan fingerprint density at radius 2 is 1.19 bits per heavy atom. The molecule has 0 unspecified atom stereocenters. The van der Waals surface area contributed by atoms with Crippen molar-refractivity contribution in [1.29, 1.82) is 0 Å². The summed E-state index contributed by atoms with van der Waals surface area (Å²) < 4.78 is 5.77. The fraction of sp³-hybridized carbons (Fsp3) is 1.00. The molecule has 1 fully saturated rings. The van der Waals surface area contributed by atoms with Crippen LogP contribution in [0.4, 0.5) is 0 Å². The van der Waals surface area contributed by atoms with Gasteiger partial charge in [-0.05, 0) is 38.5 Å². The zero-order valence-corrected chi connectivity index (χ0v) is 14.9. The van der Waals surface area contributed by atoms with E-state index < -0.39 is 0 Å². The molecule has 0 bridgehead atoms. The molecule has 21 heavy (non-hydrogen) atoms. The SMILES string of the molecule is CCCC1(CCC)CC(OC)CC(CCC)(CCC)N1[O-]. The lowest BCUT2D eigenvalue weighted by Crippen LogP contribution is -2.64. The highest BCUT2D eigenvalue weighted by atomic mass is 16.5. The van der Waals surface area contributed by atoms with Gasteiger partial charge < -0.3 is 15.0 Å². The highest BCUT2D eigenvalue weighted by Crippen LogP contribution is 2.48. The molecule has 0 aromatic carbocycles. The Morgan fingerprint density at radius 1 is 0.857 bits per heavy atom. The predicted octanol–water partition coefficient (Wildman–Crippen LogP) is 5.27. The molecule has 1 rings (SSSR count). The molecule has 0 N–H and O–H groups in total. The van der Waals surface area contributed by atoms with Gasteiger partial charge in [0.15, 0.2) is 0 Å². The van der Waals surface area contributed by atoms with Crippen LogP contribution in [0.1, 0.15) is 91.9 Å². The Balaban J connectivity index is 3.17. The van der Waals surface area contributed by atoms with Crippen LogP contribution in [0.2, 0.25) is 0 Å². The first-order chi connectivity index (χ1) is 10.0. The third kappa shape index (κ3) is 4.00. The third-order valence-electron chi connectivity index (χ3n) is 5.27. The van der Waals surface area contributed by atoms with Crippen molar-refractivity contribution in [3.8, 4) is 0 Å². The molecule has 1 saturated heterocycles. The maximum Gasteiger partial charge on any atom is 0.0606 e. The first-order valence-corrected chi connectivity index (χ1v) is 9.04. The highest BCUT2D eigenvalue weighted by Gasteiger charge is 2.48. The molecule has 0 aromatic rings. The largest absolute Gasteiger partial charge is 0.784 e. The van der Waals surface area contributed by atoms with Crippen molar-refractivity contribution in [3.63, 3.8) is 0 Å². The van der Waals surface area contributed by atoms with Gasteiger partial charge in [0.05, 0.1) is 6.10 Å². The Hall–Kier alpha value is -0.120. The Bertz CT molecular complexity index is 255. The zero-order chi connectivity index (χ0) is 15.9. The topological polar surface area (TPSA) is 35.5 Å². The van der Waals surface area contributed by atoms with E-state index >= 15 is 0 Å². The molecule has 3 nitrogen and oxygen atoms in total. The molecule has 0 amide bonds. The molecule has 1 heterocycles. The van der Waals surface area contributed by atoms with Gasteiger partial charge in [-0.2, -0.15) is 0 Å². The van der Waals surface area contributed by atoms with E-state index in [4.69, 9.17) is 4.74 Å². The summed E-state index contributed by atoms with van der Waals surface area (Å²) in [5.74, 6) is 0. The maximum atomic E-state index is 13.5. The second-order valence-electron chi connectivity index (χ2n) is 7.01. The molecule has 0 aliphatic carbocycles. The van der Waals surface area contributed by atoms with Gasteiger partial charge in [-0.1, -0.05) is 53.4 Å². The number of rotatable bonds is 9. The van der Waals surface area contributed by atoms with Crippen LogP contribution < -0.4 is 0 Å². The lowest BCUT2D eigenvalue weighted by molar-refractivity contribution is -0.108. The average Bonchev–Trinajstić information content (AvgIpc) is 2.45. The van der Waals surface area contributed by atoms with Crippen molar-refractivity contribution < 1.29 is 4.74 Å². The van der Waals surface area contributed by atoms with Crippen LogP contribution in [0.25, 0.3) is 0 Å². The van der Waals surface area contributed by atoms with E-state index in [1.165, 1.54) is 0 Å². The van der Waals surface area contributed by atoms with E-state index in [1.54, 1.807) is 5.06 Å². The summed E-state index contributed by atoms with van der Waals surface area (Å²) in [7, 11) is 1.82. The van der Waals surface area contributed by atoms with Gasteiger partial charge in [-0.3, -0.25) is 0 Å². The molecular weight excluding hydrogens is 262 g/mol. The summed E-state index contributed by atoms with van der Waals surface area (Å²) >= 11 is 0. The van der Waals surface area contributed by atoms with Crippen molar-refractivity contribution >= 4 is 0 Å². The molecule has 0 spiro atoms. The average molecular weight is 298 g/mol. The summed E-state index contributed by atoms with van der Waals surface area (Å²) in [6.45, 7) is 8.79. The van der Waals surface area contributed by atoms with Crippen molar-refractivity contribution in [1.82, 2.24) is 5.06 Å². The number of nitrogens with zero attached hydrogens (tertiary/aromatic N) is 1. The van der Waals surface area contributed by atoms with Crippen molar-refractivity contribution in [2.45, 2.75) is 109 Å². The fourth-order valence-corrected chi connectivity index (χ4v) is 4.68. The molecule has 0 radical (unpaired) electrons. The minimum atomic E-state index is -0.202. The number of methoxy groups -OCH3 is 1. The second kappa shape index (κ2) is 8.50. The smallest absolute Gasteiger partial charge is 0.0606 e. The minimum absolute atomic E-state index is 0.202. The molecule has 0 aromatic heterocycles. The molecule has 0 atom stereocenters. The summed E-state index contributed by atoms with van der Waals surface area (Å²) in [4.78, 5) is 0. The van der Waals surface area contributed by atoms with Crippen LogP contribution in [-0.4, -0.2) is 29.4 Å². The van der Waals surface area contributed by atoms with Crippen molar-refractivity contribution in [2.75, 3.05) is 7.11 Å². The van der Waals surface area contributed by atoms with Gasteiger partial charge in [-0.15, -0.1) is 0 Å².